The molecule has 1 saturated heterocycles. The van der Waals surface area contributed by atoms with Crippen molar-refractivity contribution in [3.63, 3.8) is 0 Å². The molecule has 2 aliphatic heterocycles. The number of fused-ring (bicyclic) bond motifs is 1. The Morgan fingerprint density at radius 3 is 2.83 bits per heavy atom. The van der Waals surface area contributed by atoms with Crippen molar-refractivity contribution in [1.29, 1.82) is 0 Å². The fourth-order valence-electron chi connectivity index (χ4n) is 4.58. The molecule has 0 N–H and O–H groups in total. The van der Waals surface area contributed by atoms with E-state index in [1.807, 2.05) is 24.1 Å². The lowest BCUT2D eigenvalue weighted by Crippen LogP contribution is -2.46. The smallest absolute Gasteiger partial charge is 0.272 e. The van der Waals surface area contributed by atoms with Crippen LogP contribution < -0.4 is 9.47 Å². The van der Waals surface area contributed by atoms with Gasteiger partial charge in [-0.05, 0) is 60.8 Å². The van der Waals surface area contributed by atoms with Crippen LogP contribution in [0.1, 0.15) is 55.4 Å². The zero-order valence-corrected chi connectivity index (χ0v) is 17.9. The molecule has 6 nitrogen and oxygen atoms in total. The van der Waals surface area contributed by atoms with Gasteiger partial charge in [-0.2, -0.15) is 5.10 Å². The van der Waals surface area contributed by atoms with E-state index in [0.29, 0.717) is 18.4 Å². The summed E-state index contributed by atoms with van der Waals surface area (Å²) in [5.41, 5.74) is 2.95. The summed E-state index contributed by atoms with van der Waals surface area (Å²) >= 11 is 0. The van der Waals surface area contributed by atoms with Gasteiger partial charge in [-0.1, -0.05) is 26.8 Å². The van der Waals surface area contributed by atoms with E-state index in [-0.39, 0.29) is 11.3 Å². The van der Waals surface area contributed by atoms with Gasteiger partial charge in [0.05, 0.1) is 5.69 Å². The summed E-state index contributed by atoms with van der Waals surface area (Å²) in [5.74, 6) is 2.25. The van der Waals surface area contributed by atoms with Crippen LogP contribution in [0.25, 0.3) is 0 Å². The van der Waals surface area contributed by atoms with Crippen LogP contribution in [0.4, 0.5) is 0 Å². The Hall–Kier alpha value is -2.50. The topological polar surface area (TPSA) is 56.6 Å². The van der Waals surface area contributed by atoms with Crippen molar-refractivity contribution < 1.29 is 14.3 Å². The zero-order valence-electron chi connectivity index (χ0n) is 17.9. The SMILES string of the molecule is CC(C)Cc1cc(C(=O)N2CCC[C@](C)(Cc3ccc4c(c3)OCO4)C2)n(C)n1. The first-order valence-electron chi connectivity index (χ1n) is 10.5. The molecule has 4 rings (SSSR count). The molecule has 0 unspecified atom stereocenters. The van der Waals surface area contributed by atoms with Crippen LogP contribution in [0.15, 0.2) is 24.3 Å². The molecule has 0 radical (unpaired) electrons. The Morgan fingerprint density at radius 2 is 2.03 bits per heavy atom. The third kappa shape index (κ3) is 4.26. The standard InChI is InChI=1S/C23H31N3O3/c1-16(2)10-18-12-19(25(4)24-18)22(27)26-9-5-8-23(3,14-26)13-17-6-7-20-21(11-17)29-15-28-20/h6-7,11-12,16H,5,8-10,13-15H2,1-4H3/t23-/m1/s1. The first-order valence-corrected chi connectivity index (χ1v) is 10.5. The van der Waals surface area contributed by atoms with Crippen LogP contribution in [0.2, 0.25) is 0 Å². The number of likely N-dealkylation sites (tertiary alicyclic amines) is 1. The number of ether oxygens (including phenoxy) is 2. The number of carbonyl (C=O) groups excluding carboxylic acids is 1. The molecule has 3 heterocycles. The van der Waals surface area contributed by atoms with Crippen molar-refractivity contribution >= 4 is 5.91 Å². The second-order valence-corrected chi connectivity index (χ2v) is 9.25. The Balaban J connectivity index is 1.47. The van der Waals surface area contributed by atoms with E-state index in [1.54, 1.807) is 4.68 Å². The molecule has 6 heteroatoms. The molecule has 29 heavy (non-hydrogen) atoms. The lowest BCUT2D eigenvalue weighted by atomic mass is 9.77. The Labute approximate surface area is 172 Å². The highest BCUT2D eigenvalue weighted by Crippen LogP contribution is 2.38. The lowest BCUT2D eigenvalue weighted by Gasteiger charge is -2.40. The van der Waals surface area contributed by atoms with Crippen molar-refractivity contribution in [2.24, 2.45) is 18.4 Å². The summed E-state index contributed by atoms with van der Waals surface area (Å²) in [7, 11) is 1.87. The summed E-state index contributed by atoms with van der Waals surface area (Å²) in [5, 5.41) is 4.55. The first kappa shape index (κ1) is 19.8. The monoisotopic (exact) mass is 397 g/mol. The summed E-state index contributed by atoms with van der Waals surface area (Å²) in [6.07, 6.45) is 3.93. The number of aromatic nitrogens is 2. The number of nitrogens with zero attached hydrogens (tertiary/aromatic N) is 3. The highest BCUT2D eigenvalue weighted by atomic mass is 16.7. The molecule has 0 spiro atoms. The molecule has 1 aromatic carbocycles. The van der Waals surface area contributed by atoms with Gasteiger partial charge in [0.1, 0.15) is 5.69 Å². The fourth-order valence-corrected chi connectivity index (χ4v) is 4.58. The number of rotatable bonds is 5. The minimum atomic E-state index is 0.0426. The van der Waals surface area contributed by atoms with E-state index in [1.165, 1.54) is 5.56 Å². The van der Waals surface area contributed by atoms with Crippen molar-refractivity contribution in [3.05, 3.63) is 41.2 Å². The molecule has 1 atom stereocenters. The number of aryl methyl sites for hydroxylation is 1. The van der Waals surface area contributed by atoms with Crippen molar-refractivity contribution in [2.45, 2.75) is 46.5 Å². The number of piperidine rings is 1. The third-order valence-corrected chi connectivity index (χ3v) is 5.90. The lowest BCUT2D eigenvalue weighted by molar-refractivity contribution is 0.0540. The van der Waals surface area contributed by atoms with E-state index in [2.05, 4.69) is 38.0 Å². The van der Waals surface area contributed by atoms with Crippen LogP contribution in [-0.4, -0.2) is 40.5 Å². The minimum Gasteiger partial charge on any atom is -0.454 e. The van der Waals surface area contributed by atoms with Gasteiger partial charge in [0.2, 0.25) is 6.79 Å². The quantitative estimate of drug-likeness (QED) is 0.769. The number of carbonyl (C=O) groups is 1. The Bertz CT molecular complexity index is 905. The highest BCUT2D eigenvalue weighted by molar-refractivity contribution is 5.92. The maximum Gasteiger partial charge on any atom is 0.272 e. The third-order valence-electron chi connectivity index (χ3n) is 5.90. The highest BCUT2D eigenvalue weighted by Gasteiger charge is 2.35. The predicted molar refractivity (Wildman–Crippen MR) is 111 cm³/mol. The maximum absolute atomic E-state index is 13.2. The minimum absolute atomic E-state index is 0.0426. The van der Waals surface area contributed by atoms with Crippen LogP contribution in [0, 0.1) is 11.3 Å². The van der Waals surface area contributed by atoms with E-state index >= 15 is 0 Å². The molecule has 0 aliphatic carbocycles. The number of hydrogen-bond donors (Lipinski definition) is 0. The first-order chi connectivity index (χ1) is 13.8. The summed E-state index contributed by atoms with van der Waals surface area (Å²) < 4.78 is 12.7. The molecule has 0 bridgehead atoms. The second-order valence-electron chi connectivity index (χ2n) is 9.25. The van der Waals surface area contributed by atoms with E-state index < -0.39 is 0 Å². The van der Waals surface area contributed by atoms with Gasteiger partial charge < -0.3 is 14.4 Å². The second kappa shape index (κ2) is 7.73. The van der Waals surface area contributed by atoms with Gasteiger partial charge in [-0.3, -0.25) is 9.48 Å². The predicted octanol–water partition coefficient (Wildman–Crippen LogP) is 3.83. The van der Waals surface area contributed by atoms with E-state index in [9.17, 15) is 4.79 Å². The fraction of sp³-hybridized carbons (Fsp3) is 0.565. The largest absolute Gasteiger partial charge is 0.454 e. The number of benzene rings is 1. The number of amides is 1. The van der Waals surface area contributed by atoms with Crippen LogP contribution in [-0.2, 0) is 19.9 Å². The summed E-state index contributed by atoms with van der Waals surface area (Å²) in [6, 6.07) is 8.14. The normalized spacial score (nSPS) is 21.1. The van der Waals surface area contributed by atoms with Gasteiger partial charge in [0.25, 0.3) is 5.91 Å². The van der Waals surface area contributed by atoms with Gasteiger partial charge >= 0.3 is 0 Å². The molecule has 1 aromatic heterocycles. The molecule has 2 aliphatic rings. The van der Waals surface area contributed by atoms with Crippen LogP contribution in [0.5, 0.6) is 11.5 Å². The average molecular weight is 398 g/mol. The summed E-state index contributed by atoms with van der Waals surface area (Å²) in [4.78, 5) is 15.2. The molecule has 156 valence electrons. The van der Waals surface area contributed by atoms with Crippen molar-refractivity contribution in [2.75, 3.05) is 19.9 Å². The molecular formula is C23H31N3O3. The average Bonchev–Trinajstić information content (AvgIpc) is 3.26. The van der Waals surface area contributed by atoms with Gasteiger partial charge in [-0.15, -0.1) is 0 Å². The van der Waals surface area contributed by atoms with Crippen molar-refractivity contribution in [3.8, 4) is 11.5 Å². The number of hydrogen-bond acceptors (Lipinski definition) is 4. The van der Waals surface area contributed by atoms with Crippen molar-refractivity contribution in [1.82, 2.24) is 14.7 Å². The molecule has 0 saturated carbocycles. The Kier molecular flexibility index (Phi) is 5.28. The van der Waals surface area contributed by atoms with Gasteiger partial charge in [-0.25, -0.2) is 0 Å². The zero-order chi connectivity index (χ0) is 20.6. The van der Waals surface area contributed by atoms with Gasteiger partial charge in [0, 0.05) is 20.1 Å². The van der Waals surface area contributed by atoms with E-state index in [4.69, 9.17) is 9.47 Å². The van der Waals surface area contributed by atoms with Crippen LogP contribution >= 0.6 is 0 Å². The molecule has 1 fully saturated rings. The molecular weight excluding hydrogens is 366 g/mol. The van der Waals surface area contributed by atoms with Crippen LogP contribution in [0.3, 0.4) is 0 Å². The Morgan fingerprint density at radius 1 is 1.24 bits per heavy atom. The maximum atomic E-state index is 13.2. The van der Waals surface area contributed by atoms with E-state index in [0.717, 1.165) is 56.0 Å². The van der Waals surface area contributed by atoms with Gasteiger partial charge in [0.15, 0.2) is 11.5 Å². The molecule has 2 aromatic rings. The summed E-state index contributed by atoms with van der Waals surface area (Å²) in [6.45, 7) is 8.47. The molecule has 1 amide bonds.